The van der Waals surface area contributed by atoms with Gasteiger partial charge in [0.2, 0.25) is 5.91 Å². The standard InChI is InChI=1S/C7H14N2OS/c1-5(11)7(10)9-3-2-6(8)4-9/h5-6,11H,2-4,8H2,1H3. The molecule has 0 aromatic rings. The second-order valence-electron chi connectivity index (χ2n) is 3.01. The van der Waals surface area contributed by atoms with Crippen molar-refractivity contribution in [2.45, 2.75) is 24.6 Å². The number of carbonyl (C=O) groups excluding carboxylic acids is 1. The van der Waals surface area contributed by atoms with Crippen molar-refractivity contribution in [3.8, 4) is 0 Å². The molecule has 0 bridgehead atoms. The van der Waals surface area contributed by atoms with Crippen molar-refractivity contribution in [1.29, 1.82) is 0 Å². The van der Waals surface area contributed by atoms with E-state index in [4.69, 9.17) is 5.73 Å². The molecule has 1 rings (SSSR count). The maximum atomic E-state index is 11.3. The van der Waals surface area contributed by atoms with Gasteiger partial charge in [0.1, 0.15) is 0 Å². The van der Waals surface area contributed by atoms with Crippen LogP contribution in [0.4, 0.5) is 0 Å². The molecule has 11 heavy (non-hydrogen) atoms. The van der Waals surface area contributed by atoms with Crippen molar-refractivity contribution in [2.24, 2.45) is 5.73 Å². The van der Waals surface area contributed by atoms with E-state index < -0.39 is 0 Å². The van der Waals surface area contributed by atoms with Crippen LogP contribution in [0.25, 0.3) is 0 Å². The van der Waals surface area contributed by atoms with Gasteiger partial charge in [-0.2, -0.15) is 12.6 Å². The van der Waals surface area contributed by atoms with Gasteiger partial charge in [0.05, 0.1) is 5.25 Å². The predicted molar refractivity (Wildman–Crippen MR) is 47.6 cm³/mol. The minimum Gasteiger partial charge on any atom is -0.340 e. The third-order valence-electron chi connectivity index (χ3n) is 1.89. The Morgan fingerprint density at radius 1 is 1.82 bits per heavy atom. The highest BCUT2D eigenvalue weighted by molar-refractivity contribution is 7.81. The highest BCUT2D eigenvalue weighted by Crippen LogP contribution is 2.10. The molecule has 0 spiro atoms. The van der Waals surface area contributed by atoms with Crippen LogP contribution in [-0.4, -0.2) is 35.2 Å². The lowest BCUT2D eigenvalue weighted by Gasteiger charge is -2.17. The van der Waals surface area contributed by atoms with Crippen LogP contribution in [0.5, 0.6) is 0 Å². The Hall–Kier alpha value is -0.220. The number of carbonyl (C=O) groups is 1. The van der Waals surface area contributed by atoms with Gasteiger partial charge in [0.15, 0.2) is 0 Å². The van der Waals surface area contributed by atoms with Gasteiger partial charge in [0, 0.05) is 19.1 Å². The molecule has 1 saturated heterocycles. The van der Waals surface area contributed by atoms with E-state index in [9.17, 15) is 4.79 Å². The average molecular weight is 174 g/mol. The van der Waals surface area contributed by atoms with Gasteiger partial charge in [-0.1, -0.05) is 0 Å². The summed E-state index contributed by atoms with van der Waals surface area (Å²) < 4.78 is 0. The molecule has 2 atom stereocenters. The summed E-state index contributed by atoms with van der Waals surface area (Å²) in [4.78, 5) is 13.1. The van der Waals surface area contributed by atoms with Crippen LogP contribution in [0.15, 0.2) is 0 Å². The van der Waals surface area contributed by atoms with E-state index in [2.05, 4.69) is 12.6 Å². The molecule has 1 aliphatic rings. The van der Waals surface area contributed by atoms with Gasteiger partial charge in [0.25, 0.3) is 0 Å². The monoisotopic (exact) mass is 174 g/mol. The highest BCUT2D eigenvalue weighted by atomic mass is 32.1. The lowest BCUT2D eigenvalue weighted by molar-refractivity contribution is -0.129. The van der Waals surface area contributed by atoms with E-state index in [1.165, 1.54) is 0 Å². The van der Waals surface area contributed by atoms with E-state index in [-0.39, 0.29) is 17.2 Å². The predicted octanol–water partition coefficient (Wildman–Crippen LogP) is -0.136. The largest absolute Gasteiger partial charge is 0.340 e. The van der Waals surface area contributed by atoms with Crippen molar-refractivity contribution in [3.63, 3.8) is 0 Å². The van der Waals surface area contributed by atoms with E-state index in [1.54, 1.807) is 11.8 Å². The summed E-state index contributed by atoms with van der Waals surface area (Å²) in [5, 5.41) is -0.194. The molecule has 1 fully saturated rings. The van der Waals surface area contributed by atoms with Gasteiger partial charge >= 0.3 is 0 Å². The van der Waals surface area contributed by atoms with Gasteiger partial charge in [-0.3, -0.25) is 4.79 Å². The Bertz CT molecular complexity index is 161. The molecule has 4 heteroatoms. The molecule has 2 N–H and O–H groups in total. The molecule has 0 aliphatic carbocycles. The summed E-state index contributed by atoms with van der Waals surface area (Å²) >= 11 is 4.07. The highest BCUT2D eigenvalue weighted by Gasteiger charge is 2.25. The topological polar surface area (TPSA) is 46.3 Å². The number of rotatable bonds is 1. The maximum Gasteiger partial charge on any atom is 0.235 e. The molecule has 3 nitrogen and oxygen atoms in total. The summed E-state index contributed by atoms with van der Waals surface area (Å²) in [6.07, 6.45) is 0.923. The Labute approximate surface area is 72.3 Å². The third kappa shape index (κ3) is 2.10. The summed E-state index contributed by atoms with van der Waals surface area (Å²) in [7, 11) is 0. The molecule has 1 aliphatic heterocycles. The number of thiol groups is 1. The second-order valence-corrected chi connectivity index (χ2v) is 3.78. The van der Waals surface area contributed by atoms with Gasteiger partial charge in [-0.25, -0.2) is 0 Å². The van der Waals surface area contributed by atoms with Crippen LogP contribution in [0.1, 0.15) is 13.3 Å². The van der Waals surface area contributed by atoms with E-state index in [0.29, 0.717) is 6.54 Å². The van der Waals surface area contributed by atoms with Crippen molar-refractivity contribution in [3.05, 3.63) is 0 Å². The van der Waals surface area contributed by atoms with Crippen molar-refractivity contribution >= 4 is 18.5 Å². The number of likely N-dealkylation sites (tertiary alicyclic amines) is 1. The lowest BCUT2D eigenvalue weighted by atomic mass is 10.3. The Kier molecular flexibility index (Phi) is 2.78. The minimum atomic E-state index is -0.194. The fraction of sp³-hybridized carbons (Fsp3) is 0.857. The van der Waals surface area contributed by atoms with Gasteiger partial charge in [-0.15, -0.1) is 0 Å². The zero-order valence-electron chi connectivity index (χ0n) is 6.66. The minimum absolute atomic E-state index is 0.0984. The van der Waals surface area contributed by atoms with Crippen LogP contribution >= 0.6 is 12.6 Å². The number of nitrogens with zero attached hydrogens (tertiary/aromatic N) is 1. The quantitative estimate of drug-likeness (QED) is 0.544. The first-order valence-corrected chi connectivity index (χ1v) is 4.35. The van der Waals surface area contributed by atoms with Gasteiger partial charge < -0.3 is 10.6 Å². The zero-order chi connectivity index (χ0) is 8.43. The van der Waals surface area contributed by atoms with Crippen molar-refractivity contribution in [1.82, 2.24) is 4.90 Å². The number of nitrogens with two attached hydrogens (primary N) is 1. The summed E-state index contributed by atoms with van der Waals surface area (Å²) in [5.74, 6) is 0.0984. The molecular formula is C7H14N2OS. The molecule has 64 valence electrons. The molecule has 2 unspecified atom stereocenters. The van der Waals surface area contributed by atoms with E-state index in [1.807, 2.05) is 0 Å². The second kappa shape index (κ2) is 3.45. The molecule has 0 radical (unpaired) electrons. The lowest BCUT2D eigenvalue weighted by Crippen LogP contribution is -2.35. The molecule has 1 heterocycles. The van der Waals surface area contributed by atoms with E-state index in [0.717, 1.165) is 13.0 Å². The SMILES string of the molecule is CC(S)C(=O)N1CCC(N)C1. The first-order valence-electron chi connectivity index (χ1n) is 3.83. The van der Waals surface area contributed by atoms with Crippen LogP contribution in [0.2, 0.25) is 0 Å². The maximum absolute atomic E-state index is 11.3. The van der Waals surface area contributed by atoms with E-state index >= 15 is 0 Å². The Morgan fingerprint density at radius 3 is 2.82 bits per heavy atom. The molecule has 0 saturated carbocycles. The first kappa shape index (κ1) is 8.87. The van der Waals surface area contributed by atoms with Crippen LogP contribution in [0, 0.1) is 0 Å². The Morgan fingerprint density at radius 2 is 2.45 bits per heavy atom. The normalized spacial score (nSPS) is 27.2. The van der Waals surface area contributed by atoms with Crippen LogP contribution in [-0.2, 0) is 4.79 Å². The zero-order valence-corrected chi connectivity index (χ0v) is 7.55. The Balaban J connectivity index is 2.43. The fourth-order valence-electron chi connectivity index (χ4n) is 1.25. The summed E-state index contributed by atoms with van der Waals surface area (Å²) in [6.45, 7) is 3.28. The first-order chi connectivity index (χ1) is 5.11. The molecule has 0 aromatic carbocycles. The number of hydrogen-bond donors (Lipinski definition) is 2. The number of hydrogen-bond acceptors (Lipinski definition) is 3. The fourth-order valence-corrected chi connectivity index (χ4v) is 1.41. The summed E-state index contributed by atoms with van der Waals surface area (Å²) in [5.41, 5.74) is 5.64. The molecule has 1 amide bonds. The van der Waals surface area contributed by atoms with Crippen LogP contribution in [0.3, 0.4) is 0 Å². The number of amides is 1. The molecular weight excluding hydrogens is 160 g/mol. The smallest absolute Gasteiger partial charge is 0.235 e. The van der Waals surface area contributed by atoms with Crippen molar-refractivity contribution in [2.75, 3.05) is 13.1 Å². The third-order valence-corrected chi connectivity index (χ3v) is 2.11. The molecule has 0 aromatic heterocycles. The average Bonchev–Trinajstić information content (AvgIpc) is 2.34. The van der Waals surface area contributed by atoms with Gasteiger partial charge in [-0.05, 0) is 13.3 Å². The summed E-state index contributed by atoms with van der Waals surface area (Å²) in [6, 6.07) is 0.172. The van der Waals surface area contributed by atoms with Crippen LogP contribution < -0.4 is 5.73 Å². The van der Waals surface area contributed by atoms with Crippen molar-refractivity contribution < 1.29 is 4.79 Å².